The molecule has 1 aromatic carbocycles. The second-order valence-corrected chi connectivity index (χ2v) is 8.34. The van der Waals surface area contributed by atoms with Crippen molar-refractivity contribution in [2.75, 3.05) is 10.6 Å². The van der Waals surface area contributed by atoms with E-state index in [2.05, 4.69) is 26.0 Å². The maximum atomic E-state index is 12.2. The highest BCUT2D eigenvalue weighted by Crippen LogP contribution is 2.26. The second-order valence-electron chi connectivity index (χ2n) is 8.34. The van der Waals surface area contributed by atoms with Gasteiger partial charge in [0.05, 0.1) is 5.69 Å². The number of amides is 1. The minimum absolute atomic E-state index is 0.0118. The molecule has 8 heteroatoms. The van der Waals surface area contributed by atoms with Crippen molar-refractivity contribution < 1.29 is 4.79 Å². The predicted molar refractivity (Wildman–Crippen MR) is 117 cm³/mol. The van der Waals surface area contributed by atoms with Gasteiger partial charge in [-0.25, -0.2) is 9.50 Å². The lowest BCUT2D eigenvalue weighted by atomic mass is 9.92. The molecule has 2 aromatic heterocycles. The number of aromatic nitrogens is 3. The van der Waals surface area contributed by atoms with Crippen LogP contribution in [0.2, 0.25) is 0 Å². The molecule has 30 heavy (non-hydrogen) atoms. The van der Waals surface area contributed by atoms with Gasteiger partial charge in [0.1, 0.15) is 5.82 Å². The van der Waals surface area contributed by atoms with Crippen molar-refractivity contribution in [3.05, 3.63) is 48.3 Å². The van der Waals surface area contributed by atoms with Gasteiger partial charge in [-0.15, -0.1) is 5.10 Å². The Morgan fingerprint density at radius 2 is 1.77 bits per heavy atom. The lowest BCUT2D eigenvalue weighted by molar-refractivity contribution is 0.0951. The van der Waals surface area contributed by atoms with Crippen molar-refractivity contribution in [2.45, 2.75) is 56.7 Å². The molecule has 5 N–H and O–H groups in total. The predicted octanol–water partition coefficient (Wildman–Crippen LogP) is 3.05. The molecule has 0 bridgehead atoms. The van der Waals surface area contributed by atoms with E-state index in [0.717, 1.165) is 61.4 Å². The van der Waals surface area contributed by atoms with Crippen molar-refractivity contribution in [3.63, 3.8) is 0 Å². The molecular formula is C22H27N7O. The van der Waals surface area contributed by atoms with Gasteiger partial charge in [-0.1, -0.05) is 0 Å². The fourth-order valence-electron chi connectivity index (χ4n) is 3.91. The van der Waals surface area contributed by atoms with E-state index in [9.17, 15) is 4.79 Å². The van der Waals surface area contributed by atoms with Crippen LogP contribution in [0.15, 0.2) is 42.7 Å². The van der Waals surface area contributed by atoms with Gasteiger partial charge >= 0.3 is 0 Å². The molecule has 0 atom stereocenters. The lowest BCUT2D eigenvalue weighted by Crippen LogP contribution is -2.33. The zero-order chi connectivity index (χ0) is 20.5. The Morgan fingerprint density at radius 3 is 2.50 bits per heavy atom. The molecule has 2 aliphatic carbocycles. The summed E-state index contributed by atoms with van der Waals surface area (Å²) in [5.74, 6) is 0.797. The number of carbonyl (C=O) groups is 1. The summed E-state index contributed by atoms with van der Waals surface area (Å²) in [7, 11) is 0. The van der Waals surface area contributed by atoms with Gasteiger partial charge in [-0.05, 0) is 62.8 Å². The van der Waals surface area contributed by atoms with Crippen LogP contribution in [0.3, 0.4) is 0 Å². The van der Waals surface area contributed by atoms with Crippen LogP contribution in [0.5, 0.6) is 0 Å². The number of rotatable bonds is 6. The molecule has 0 saturated heterocycles. The molecule has 8 nitrogen and oxygen atoms in total. The molecule has 5 rings (SSSR count). The van der Waals surface area contributed by atoms with E-state index in [0.29, 0.717) is 23.7 Å². The van der Waals surface area contributed by atoms with Gasteiger partial charge in [-0.2, -0.15) is 0 Å². The summed E-state index contributed by atoms with van der Waals surface area (Å²) in [6.45, 7) is 0. The van der Waals surface area contributed by atoms with E-state index < -0.39 is 0 Å². The van der Waals surface area contributed by atoms with Gasteiger partial charge in [-0.3, -0.25) is 4.79 Å². The van der Waals surface area contributed by atoms with Crippen LogP contribution >= 0.6 is 0 Å². The van der Waals surface area contributed by atoms with E-state index in [4.69, 9.17) is 5.73 Å². The number of anilines is 3. The summed E-state index contributed by atoms with van der Waals surface area (Å²) in [6, 6.07) is 10.6. The number of nitrogens with one attached hydrogen (secondary N) is 3. The summed E-state index contributed by atoms with van der Waals surface area (Å²) in [6.07, 6.45) is 9.93. The molecule has 2 fully saturated rings. The highest BCUT2D eigenvalue weighted by atomic mass is 16.1. The summed E-state index contributed by atoms with van der Waals surface area (Å²) in [5, 5.41) is 14.6. The molecule has 0 aliphatic heterocycles. The van der Waals surface area contributed by atoms with Crippen molar-refractivity contribution in [2.24, 2.45) is 5.73 Å². The van der Waals surface area contributed by atoms with E-state index in [1.54, 1.807) is 10.7 Å². The molecule has 3 aromatic rings. The highest BCUT2D eigenvalue weighted by molar-refractivity contribution is 5.95. The van der Waals surface area contributed by atoms with E-state index in [-0.39, 0.29) is 5.91 Å². The zero-order valence-electron chi connectivity index (χ0n) is 16.8. The van der Waals surface area contributed by atoms with Gasteiger partial charge in [0.15, 0.2) is 5.65 Å². The topological polar surface area (TPSA) is 109 Å². The minimum Gasteiger partial charge on any atom is -0.366 e. The fourth-order valence-corrected chi connectivity index (χ4v) is 3.91. The molecule has 0 spiro atoms. The highest BCUT2D eigenvalue weighted by Gasteiger charge is 2.23. The van der Waals surface area contributed by atoms with Crippen molar-refractivity contribution in [1.29, 1.82) is 0 Å². The quantitative estimate of drug-likeness (QED) is 0.502. The number of nitrogens with zero attached hydrogens (tertiary/aromatic N) is 3. The smallest absolute Gasteiger partial charge is 0.251 e. The van der Waals surface area contributed by atoms with Crippen LogP contribution in [0, 0.1) is 0 Å². The lowest BCUT2D eigenvalue weighted by Gasteiger charge is -2.27. The normalized spacial score (nSPS) is 21.4. The summed E-state index contributed by atoms with van der Waals surface area (Å²) in [5.41, 5.74) is 9.20. The third-order valence-electron chi connectivity index (χ3n) is 5.82. The maximum Gasteiger partial charge on any atom is 0.251 e. The Hall–Kier alpha value is -3.13. The third kappa shape index (κ3) is 4.23. The number of carbonyl (C=O) groups excluding carboxylic acids is 1. The van der Waals surface area contributed by atoms with Crippen LogP contribution in [-0.4, -0.2) is 38.6 Å². The largest absolute Gasteiger partial charge is 0.366 e. The summed E-state index contributed by atoms with van der Waals surface area (Å²) in [4.78, 5) is 16.6. The fraction of sp³-hybridized carbons (Fsp3) is 0.409. The van der Waals surface area contributed by atoms with Crippen LogP contribution in [0.4, 0.5) is 17.2 Å². The van der Waals surface area contributed by atoms with Crippen LogP contribution in [0.25, 0.3) is 5.65 Å². The Labute approximate surface area is 175 Å². The average Bonchev–Trinajstić information content (AvgIpc) is 3.43. The van der Waals surface area contributed by atoms with E-state index >= 15 is 0 Å². The minimum atomic E-state index is -0.0118. The maximum absolute atomic E-state index is 12.2. The molecule has 156 valence electrons. The van der Waals surface area contributed by atoms with Crippen LogP contribution in [0.1, 0.15) is 48.9 Å². The molecule has 1 amide bonds. The van der Waals surface area contributed by atoms with Crippen molar-refractivity contribution in [1.82, 2.24) is 19.9 Å². The zero-order valence-corrected chi connectivity index (χ0v) is 16.8. The molecule has 0 unspecified atom stereocenters. The van der Waals surface area contributed by atoms with E-state index in [1.807, 2.05) is 36.5 Å². The molecule has 2 saturated carbocycles. The second kappa shape index (κ2) is 7.95. The monoisotopic (exact) mass is 405 g/mol. The van der Waals surface area contributed by atoms with Gasteiger partial charge in [0.25, 0.3) is 5.91 Å². The molecular weight excluding hydrogens is 378 g/mol. The first-order valence-electron chi connectivity index (χ1n) is 10.7. The number of benzene rings is 1. The number of imidazole rings is 1. The number of nitrogens with two attached hydrogens (primary N) is 1. The van der Waals surface area contributed by atoms with Gasteiger partial charge < -0.3 is 21.7 Å². The Morgan fingerprint density at radius 1 is 1.03 bits per heavy atom. The first-order chi connectivity index (χ1) is 14.6. The third-order valence-corrected chi connectivity index (χ3v) is 5.82. The Kier molecular flexibility index (Phi) is 5.00. The SMILES string of the molecule is NC1CCC(Nc2cc(Nc3ccc(C(=O)NC4CC4)cc3)c3nccn3n2)CC1. The summed E-state index contributed by atoms with van der Waals surface area (Å²) < 4.78 is 1.77. The number of fused-ring (bicyclic) bond motifs is 1. The van der Waals surface area contributed by atoms with Crippen molar-refractivity contribution >= 4 is 28.7 Å². The molecule has 2 aliphatic rings. The van der Waals surface area contributed by atoms with Crippen LogP contribution in [-0.2, 0) is 0 Å². The van der Waals surface area contributed by atoms with Crippen LogP contribution < -0.4 is 21.7 Å². The first kappa shape index (κ1) is 18.9. The molecule has 2 heterocycles. The van der Waals surface area contributed by atoms with Crippen molar-refractivity contribution in [3.8, 4) is 0 Å². The van der Waals surface area contributed by atoms with Gasteiger partial charge in [0, 0.05) is 47.8 Å². The Bertz CT molecular complexity index is 1030. The number of hydrogen-bond acceptors (Lipinski definition) is 6. The average molecular weight is 406 g/mol. The summed E-state index contributed by atoms with van der Waals surface area (Å²) >= 11 is 0. The first-order valence-corrected chi connectivity index (χ1v) is 10.7. The van der Waals surface area contributed by atoms with Gasteiger partial charge in [0.2, 0.25) is 0 Å². The number of hydrogen-bond donors (Lipinski definition) is 4. The standard InChI is InChI=1S/C22H27N7O/c23-15-3-7-17(8-4-15)26-20-13-19(21-24-11-12-29(21)28-20)25-16-5-1-14(2-6-16)22(30)27-18-9-10-18/h1-2,5-6,11-13,15,17-18,25H,3-4,7-10,23H2,(H,26,28)(H,27,30). The molecule has 0 radical (unpaired) electrons. The Balaban J connectivity index is 1.33. The van der Waals surface area contributed by atoms with E-state index in [1.165, 1.54) is 0 Å².